The van der Waals surface area contributed by atoms with Crippen LogP contribution in [0.2, 0.25) is 0 Å². The van der Waals surface area contributed by atoms with Crippen molar-refractivity contribution in [3.8, 4) is 0 Å². The van der Waals surface area contributed by atoms with Crippen LogP contribution in [0, 0.1) is 6.92 Å². The molecule has 2 amide bonds. The second-order valence-corrected chi connectivity index (χ2v) is 8.97. The highest BCUT2D eigenvalue weighted by atomic mass is 32.2. The summed E-state index contributed by atoms with van der Waals surface area (Å²) in [5.74, 6) is -0.107. The number of fused-ring (bicyclic) bond motifs is 1. The van der Waals surface area contributed by atoms with Crippen molar-refractivity contribution in [2.24, 2.45) is 0 Å². The third kappa shape index (κ3) is 5.22. The molecule has 1 aliphatic rings. The molecule has 2 aromatic carbocycles. The molecule has 0 bridgehead atoms. The number of para-hydroxylation sites is 1. The number of ether oxygens (including phenoxy) is 1. The van der Waals surface area contributed by atoms with Gasteiger partial charge in [-0.25, -0.2) is 9.78 Å². The molecule has 2 heterocycles. The van der Waals surface area contributed by atoms with Gasteiger partial charge in [-0.3, -0.25) is 4.79 Å². The zero-order chi connectivity index (χ0) is 22.5. The van der Waals surface area contributed by atoms with Crippen LogP contribution < -0.4 is 5.32 Å². The van der Waals surface area contributed by atoms with E-state index >= 15 is 0 Å². The molecule has 3 aromatic rings. The van der Waals surface area contributed by atoms with Gasteiger partial charge in [0.2, 0.25) is 0 Å². The fraction of sp³-hybridized carbons (Fsp3) is 0.320. The van der Waals surface area contributed by atoms with Crippen LogP contribution in [0.25, 0.3) is 10.9 Å². The Labute approximate surface area is 192 Å². The molecule has 166 valence electrons. The predicted molar refractivity (Wildman–Crippen MR) is 126 cm³/mol. The predicted octanol–water partition coefficient (Wildman–Crippen LogP) is 5.05. The molecule has 4 rings (SSSR count). The Balaban J connectivity index is 1.50. The number of hydrogen-bond acceptors (Lipinski definition) is 5. The first-order chi connectivity index (χ1) is 15.5. The lowest BCUT2D eigenvalue weighted by molar-refractivity contribution is 0.0861. The van der Waals surface area contributed by atoms with Gasteiger partial charge >= 0.3 is 6.09 Å². The van der Waals surface area contributed by atoms with Crippen LogP contribution in [0.3, 0.4) is 0 Å². The number of piperidine rings is 1. The summed E-state index contributed by atoms with van der Waals surface area (Å²) in [5, 5.41) is 4.78. The Bertz CT molecular complexity index is 1110. The van der Waals surface area contributed by atoms with Gasteiger partial charge in [0.25, 0.3) is 5.91 Å². The number of amides is 2. The van der Waals surface area contributed by atoms with Crippen LogP contribution in [0.1, 0.15) is 35.7 Å². The molecule has 1 N–H and O–H groups in total. The third-order valence-electron chi connectivity index (χ3n) is 5.54. The van der Waals surface area contributed by atoms with Gasteiger partial charge in [0.15, 0.2) is 0 Å². The molecule has 1 aromatic heterocycles. The summed E-state index contributed by atoms with van der Waals surface area (Å²) >= 11 is 1.55. The first-order valence-electron chi connectivity index (χ1n) is 10.9. The summed E-state index contributed by atoms with van der Waals surface area (Å²) in [7, 11) is 0. The number of nitrogens with one attached hydrogen (secondary N) is 1. The van der Waals surface area contributed by atoms with Crippen LogP contribution in [-0.4, -0.2) is 47.6 Å². The Morgan fingerprint density at radius 3 is 2.56 bits per heavy atom. The van der Waals surface area contributed by atoms with Gasteiger partial charge in [0, 0.05) is 29.4 Å². The SMILES string of the molecule is CCOC(=O)N1CCC(NC(=O)c2cc(Sc3ccc(C)cc3)nc3ccccc23)CC1. The zero-order valence-electron chi connectivity index (χ0n) is 18.3. The fourth-order valence-corrected chi connectivity index (χ4v) is 4.64. The lowest BCUT2D eigenvalue weighted by Gasteiger charge is -2.31. The average molecular weight is 450 g/mol. The average Bonchev–Trinajstić information content (AvgIpc) is 2.80. The number of hydrogen-bond donors (Lipinski definition) is 1. The van der Waals surface area contributed by atoms with E-state index in [4.69, 9.17) is 9.72 Å². The normalized spacial score (nSPS) is 14.4. The van der Waals surface area contributed by atoms with E-state index in [9.17, 15) is 9.59 Å². The molecule has 0 radical (unpaired) electrons. The molecule has 6 nitrogen and oxygen atoms in total. The summed E-state index contributed by atoms with van der Waals surface area (Å²) < 4.78 is 5.07. The molecule has 0 aliphatic carbocycles. The lowest BCUT2D eigenvalue weighted by Crippen LogP contribution is -2.46. The second kappa shape index (κ2) is 10.0. The monoisotopic (exact) mass is 449 g/mol. The number of nitrogens with zero attached hydrogens (tertiary/aromatic N) is 2. The molecule has 0 spiro atoms. The van der Waals surface area contributed by atoms with Crippen molar-refractivity contribution in [2.45, 2.75) is 42.7 Å². The molecule has 1 saturated heterocycles. The second-order valence-electron chi connectivity index (χ2n) is 7.87. The van der Waals surface area contributed by atoms with Crippen molar-refractivity contribution < 1.29 is 14.3 Å². The van der Waals surface area contributed by atoms with E-state index in [0.29, 0.717) is 38.1 Å². The largest absolute Gasteiger partial charge is 0.450 e. The van der Waals surface area contributed by atoms with Crippen LogP contribution in [-0.2, 0) is 4.74 Å². The van der Waals surface area contributed by atoms with Crippen molar-refractivity contribution in [3.63, 3.8) is 0 Å². The van der Waals surface area contributed by atoms with Gasteiger partial charge in [0.1, 0.15) is 5.03 Å². The maximum atomic E-state index is 13.2. The van der Waals surface area contributed by atoms with Gasteiger partial charge in [-0.2, -0.15) is 0 Å². The van der Waals surface area contributed by atoms with E-state index < -0.39 is 0 Å². The van der Waals surface area contributed by atoms with Gasteiger partial charge in [0.05, 0.1) is 17.7 Å². The van der Waals surface area contributed by atoms with E-state index in [-0.39, 0.29) is 18.0 Å². The first-order valence-corrected chi connectivity index (χ1v) is 11.7. The molecule has 0 atom stereocenters. The number of aryl methyl sites for hydroxylation is 1. The molecular formula is C25H27N3O3S. The fourth-order valence-electron chi connectivity index (χ4n) is 3.80. The molecule has 32 heavy (non-hydrogen) atoms. The zero-order valence-corrected chi connectivity index (χ0v) is 19.2. The minimum atomic E-state index is -0.282. The summed E-state index contributed by atoms with van der Waals surface area (Å²) in [6.45, 7) is 5.38. The van der Waals surface area contributed by atoms with Crippen molar-refractivity contribution in [2.75, 3.05) is 19.7 Å². The number of likely N-dealkylation sites (tertiary alicyclic amines) is 1. The Morgan fingerprint density at radius 2 is 1.84 bits per heavy atom. The molecular weight excluding hydrogens is 422 g/mol. The van der Waals surface area contributed by atoms with Gasteiger partial charge in [-0.15, -0.1) is 0 Å². The molecule has 7 heteroatoms. The standard InChI is InChI=1S/C25H27N3O3S/c1-3-31-25(30)28-14-12-18(13-15-28)26-24(29)21-16-23(27-22-7-5-4-6-20(21)22)32-19-10-8-17(2)9-11-19/h4-11,16,18H,3,12-15H2,1-2H3,(H,26,29). The van der Waals surface area contributed by atoms with E-state index in [1.807, 2.05) is 30.3 Å². The van der Waals surface area contributed by atoms with Gasteiger partial charge in [-0.1, -0.05) is 47.7 Å². The molecule has 0 unspecified atom stereocenters. The van der Waals surface area contributed by atoms with Crippen molar-refractivity contribution in [1.82, 2.24) is 15.2 Å². The highest BCUT2D eigenvalue weighted by molar-refractivity contribution is 7.99. The Hall–Kier alpha value is -3.06. The van der Waals surface area contributed by atoms with Crippen molar-refractivity contribution in [3.05, 3.63) is 65.7 Å². The van der Waals surface area contributed by atoms with Gasteiger partial charge < -0.3 is 15.0 Å². The number of benzene rings is 2. The quantitative estimate of drug-likeness (QED) is 0.591. The van der Waals surface area contributed by atoms with Crippen LogP contribution in [0.4, 0.5) is 4.79 Å². The number of pyridine rings is 1. The topological polar surface area (TPSA) is 71.5 Å². The lowest BCUT2D eigenvalue weighted by atomic mass is 10.0. The summed E-state index contributed by atoms with van der Waals surface area (Å²) in [6, 6.07) is 17.9. The Kier molecular flexibility index (Phi) is 6.95. The molecule has 1 fully saturated rings. The summed E-state index contributed by atoms with van der Waals surface area (Å²) in [5.41, 5.74) is 2.62. The van der Waals surface area contributed by atoms with Crippen LogP contribution >= 0.6 is 11.8 Å². The molecule has 0 saturated carbocycles. The van der Waals surface area contributed by atoms with Crippen LogP contribution in [0.15, 0.2) is 64.5 Å². The Morgan fingerprint density at radius 1 is 1.12 bits per heavy atom. The summed E-state index contributed by atoms with van der Waals surface area (Å²) in [6.07, 6.45) is 1.13. The summed E-state index contributed by atoms with van der Waals surface area (Å²) in [4.78, 5) is 32.7. The first kappa shape index (κ1) is 22.1. The smallest absolute Gasteiger partial charge is 0.409 e. The van der Waals surface area contributed by atoms with Crippen molar-refractivity contribution in [1.29, 1.82) is 0 Å². The highest BCUT2D eigenvalue weighted by Gasteiger charge is 2.25. The van der Waals surface area contributed by atoms with Crippen molar-refractivity contribution >= 4 is 34.7 Å². The minimum absolute atomic E-state index is 0.0216. The van der Waals surface area contributed by atoms with E-state index in [2.05, 4.69) is 36.5 Å². The number of carbonyl (C=O) groups is 2. The van der Waals surface area contributed by atoms with Gasteiger partial charge in [-0.05, 0) is 51.0 Å². The number of aromatic nitrogens is 1. The third-order valence-corrected chi connectivity index (χ3v) is 6.46. The maximum Gasteiger partial charge on any atom is 0.409 e. The molecule has 1 aliphatic heterocycles. The van der Waals surface area contributed by atoms with Crippen LogP contribution in [0.5, 0.6) is 0 Å². The highest BCUT2D eigenvalue weighted by Crippen LogP contribution is 2.30. The number of rotatable bonds is 5. The van der Waals surface area contributed by atoms with E-state index in [1.165, 1.54) is 5.56 Å². The maximum absolute atomic E-state index is 13.2. The minimum Gasteiger partial charge on any atom is -0.450 e. The number of carbonyl (C=O) groups excluding carboxylic acids is 2. The van der Waals surface area contributed by atoms with E-state index in [0.717, 1.165) is 20.8 Å². The van der Waals surface area contributed by atoms with E-state index in [1.54, 1.807) is 23.6 Å².